The van der Waals surface area contributed by atoms with E-state index in [0.29, 0.717) is 11.0 Å². The quantitative estimate of drug-likeness (QED) is 0.731. The Labute approximate surface area is 164 Å². The zero-order valence-electron chi connectivity index (χ0n) is 14.9. The van der Waals surface area contributed by atoms with Gasteiger partial charge in [-0.2, -0.15) is 9.36 Å². The summed E-state index contributed by atoms with van der Waals surface area (Å²) in [4.78, 5) is 34.5. The van der Waals surface area contributed by atoms with Gasteiger partial charge in [0.15, 0.2) is 5.82 Å². The summed E-state index contributed by atoms with van der Waals surface area (Å²) in [6.45, 7) is 1.90. The number of nitrogens with one attached hydrogen (secondary N) is 1. The van der Waals surface area contributed by atoms with Crippen LogP contribution in [0.4, 0.5) is 15.2 Å². The second-order valence-corrected chi connectivity index (χ2v) is 7.27. The van der Waals surface area contributed by atoms with Gasteiger partial charge in [0, 0.05) is 42.5 Å². The number of carbonyl (C=O) groups excluding carboxylic acids is 2. The molecule has 0 spiro atoms. The van der Waals surface area contributed by atoms with E-state index in [1.807, 2.05) is 6.07 Å². The second kappa shape index (κ2) is 7.43. The largest absolute Gasteiger partial charge is 0.309 e. The van der Waals surface area contributed by atoms with Gasteiger partial charge in [0.05, 0.1) is 11.6 Å². The van der Waals surface area contributed by atoms with Crippen molar-refractivity contribution in [1.29, 1.82) is 0 Å². The molecule has 0 aliphatic carbocycles. The molecule has 1 aliphatic rings. The van der Waals surface area contributed by atoms with Crippen molar-refractivity contribution in [3.63, 3.8) is 0 Å². The SMILES string of the molecule is Cc1ccc(N2CC(C(=O)Nc3nc(-c4cccnc4)ns3)CC2=O)c(F)c1. The van der Waals surface area contributed by atoms with E-state index in [-0.39, 0.29) is 30.5 Å². The highest BCUT2D eigenvalue weighted by Gasteiger charge is 2.36. The topological polar surface area (TPSA) is 88.1 Å². The van der Waals surface area contributed by atoms with Crippen molar-refractivity contribution in [3.05, 3.63) is 54.1 Å². The molecule has 0 bridgehead atoms. The molecule has 28 heavy (non-hydrogen) atoms. The number of anilines is 2. The van der Waals surface area contributed by atoms with Gasteiger partial charge in [0.1, 0.15) is 5.82 Å². The summed E-state index contributed by atoms with van der Waals surface area (Å²) in [5.74, 6) is -1.20. The number of rotatable bonds is 4. The number of aromatic nitrogens is 3. The predicted molar refractivity (Wildman–Crippen MR) is 103 cm³/mol. The van der Waals surface area contributed by atoms with Crippen LogP contribution in [0, 0.1) is 18.7 Å². The van der Waals surface area contributed by atoms with Gasteiger partial charge in [0.2, 0.25) is 16.9 Å². The first-order valence-electron chi connectivity index (χ1n) is 8.63. The van der Waals surface area contributed by atoms with Gasteiger partial charge in [-0.05, 0) is 36.8 Å². The first-order chi connectivity index (χ1) is 13.5. The van der Waals surface area contributed by atoms with E-state index in [2.05, 4.69) is 19.7 Å². The van der Waals surface area contributed by atoms with Crippen LogP contribution in [0.5, 0.6) is 0 Å². The average Bonchev–Trinajstić information content (AvgIpc) is 3.29. The molecule has 0 radical (unpaired) electrons. The van der Waals surface area contributed by atoms with Crippen LogP contribution in [0.1, 0.15) is 12.0 Å². The molecule has 2 aromatic heterocycles. The summed E-state index contributed by atoms with van der Waals surface area (Å²) in [5.41, 5.74) is 1.71. The number of carbonyl (C=O) groups is 2. The smallest absolute Gasteiger partial charge is 0.231 e. The van der Waals surface area contributed by atoms with Crippen molar-refractivity contribution in [2.24, 2.45) is 5.92 Å². The van der Waals surface area contributed by atoms with Crippen LogP contribution in [0.15, 0.2) is 42.7 Å². The third kappa shape index (κ3) is 3.61. The lowest BCUT2D eigenvalue weighted by atomic mass is 10.1. The van der Waals surface area contributed by atoms with Crippen LogP contribution in [0.2, 0.25) is 0 Å². The Kier molecular flexibility index (Phi) is 4.82. The van der Waals surface area contributed by atoms with Gasteiger partial charge < -0.3 is 10.2 Å². The fourth-order valence-corrected chi connectivity index (χ4v) is 3.63. The number of aryl methyl sites for hydroxylation is 1. The molecule has 2 amide bonds. The first-order valence-corrected chi connectivity index (χ1v) is 9.40. The fourth-order valence-electron chi connectivity index (χ4n) is 3.04. The highest BCUT2D eigenvalue weighted by molar-refractivity contribution is 7.10. The summed E-state index contributed by atoms with van der Waals surface area (Å²) < 4.78 is 18.4. The third-order valence-electron chi connectivity index (χ3n) is 4.47. The maximum Gasteiger partial charge on any atom is 0.231 e. The van der Waals surface area contributed by atoms with Gasteiger partial charge in [-0.25, -0.2) is 4.39 Å². The number of nitrogens with zero attached hydrogens (tertiary/aromatic N) is 4. The molecule has 1 saturated heterocycles. The molecule has 7 nitrogen and oxygen atoms in total. The van der Waals surface area contributed by atoms with Crippen molar-refractivity contribution >= 4 is 34.2 Å². The zero-order valence-corrected chi connectivity index (χ0v) is 15.7. The summed E-state index contributed by atoms with van der Waals surface area (Å²) in [6, 6.07) is 8.27. The van der Waals surface area contributed by atoms with Crippen LogP contribution < -0.4 is 10.2 Å². The molecule has 1 unspecified atom stereocenters. The van der Waals surface area contributed by atoms with E-state index in [1.165, 1.54) is 11.0 Å². The monoisotopic (exact) mass is 397 g/mol. The average molecular weight is 397 g/mol. The molecule has 142 valence electrons. The minimum atomic E-state index is -0.584. The molecule has 0 saturated carbocycles. The Morgan fingerprint density at radius 2 is 2.21 bits per heavy atom. The summed E-state index contributed by atoms with van der Waals surface area (Å²) >= 11 is 1.05. The number of benzene rings is 1. The van der Waals surface area contributed by atoms with Crippen LogP contribution in [0.3, 0.4) is 0 Å². The van der Waals surface area contributed by atoms with Crippen molar-refractivity contribution in [2.75, 3.05) is 16.8 Å². The minimum Gasteiger partial charge on any atom is -0.309 e. The van der Waals surface area contributed by atoms with E-state index in [4.69, 9.17) is 0 Å². The first kappa shape index (κ1) is 18.2. The highest BCUT2D eigenvalue weighted by atomic mass is 32.1. The van der Waals surface area contributed by atoms with Gasteiger partial charge in [-0.3, -0.25) is 14.6 Å². The number of pyridine rings is 1. The maximum atomic E-state index is 14.2. The van der Waals surface area contributed by atoms with Crippen molar-refractivity contribution in [3.8, 4) is 11.4 Å². The van der Waals surface area contributed by atoms with Gasteiger partial charge in [-0.1, -0.05) is 6.07 Å². The lowest BCUT2D eigenvalue weighted by Gasteiger charge is -2.17. The third-order valence-corrected chi connectivity index (χ3v) is 5.10. The molecule has 1 fully saturated rings. The van der Waals surface area contributed by atoms with Crippen molar-refractivity contribution < 1.29 is 14.0 Å². The normalized spacial score (nSPS) is 16.4. The predicted octanol–water partition coefficient (Wildman–Crippen LogP) is 3.04. The van der Waals surface area contributed by atoms with Gasteiger partial charge in [0.25, 0.3) is 0 Å². The summed E-state index contributed by atoms with van der Waals surface area (Å²) in [7, 11) is 0. The lowest BCUT2D eigenvalue weighted by Crippen LogP contribution is -2.28. The Morgan fingerprint density at radius 1 is 1.36 bits per heavy atom. The van der Waals surface area contributed by atoms with Crippen LogP contribution in [0.25, 0.3) is 11.4 Å². The molecular formula is C19H16FN5O2S. The number of halogens is 1. The molecule has 1 atom stereocenters. The molecule has 1 aliphatic heterocycles. The summed E-state index contributed by atoms with van der Waals surface area (Å²) in [6.07, 6.45) is 3.31. The van der Waals surface area contributed by atoms with E-state index in [0.717, 1.165) is 22.7 Å². The molecule has 4 rings (SSSR count). The molecule has 3 aromatic rings. The fraction of sp³-hybridized carbons (Fsp3) is 0.211. The van der Waals surface area contributed by atoms with E-state index in [1.54, 1.807) is 37.5 Å². The number of hydrogen-bond donors (Lipinski definition) is 1. The van der Waals surface area contributed by atoms with E-state index in [9.17, 15) is 14.0 Å². The van der Waals surface area contributed by atoms with Gasteiger partial charge in [-0.15, -0.1) is 0 Å². The number of hydrogen-bond acceptors (Lipinski definition) is 6. The van der Waals surface area contributed by atoms with Crippen molar-refractivity contribution in [2.45, 2.75) is 13.3 Å². The van der Waals surface area contributed by atoms with E-state index < -0.39 is 11.7 Å². The van der Waals surface area contributed by atoms with Gasteiger partial charge >= 0.3 is 0 Å². The molecular weight excluding hydrogens is 381 g/mol. The highest BCUT2D eigenvalue weighted by Crippen LogP contribution is 2.29. The summed E-state index contributed by atoms with van der Waals surface area (Å²) in [5, 5.41) is 3.05. The van der Waals surface area contributed by atoms with Crippen LogP contribution in [-0.4, -0.2) is 32.7 Å². The van der Waals surface area contributed by atoms with Crippen LogP contribution in [-0.2, 0) is 9.59 Å². The Balaban J connectivity index is 1.45. The lowest BCUT2D eigenvalue weighted by molar-refractivity contribution is -0.122. The molecule has 9 heteroatoms. The standard InChI is InChI=1S/C19H16FN5O2S/c1-11-4-5-15(14(20)7-11)25-10-13(8-16(25)26)18(27)23-19-22-17(24-28-19)12-3-2-6-21-9-12/h2-7,9,13H,8,10H2,1H3,(H,22,23,24,27). The van der Waals surface area contributed by atoms with Crippen LogP contribution >= 0.6 is 11.5 Å². The Bertz CT molecular complexity index is 1040. The molecule has 1 aromatic carbocycles. The molecule has 1 N–H and O–H groups in total. The Morgan fingerprint density at radius 3 is 2.96 bits per heavy atom. The van der Waals surface area contributed by atoms with E-state index >= 15 is 0 Å². The Hall–Kier alpha value is -3.20. The van der Waals surface area contributed by atoms with Crippen molar-refractivity contribution in [1.82, 2.24) is 14.3 Å². The maximum absolute atomic E-state index is 14.2. The minimum absolute atomic E-state index is 0.0212. The second-order valence-electron chi connectivity index (χ2n) is 6.51. The zero-order chi connectivity index (χ0) is 19.7. The number of amides is 2. The molecule has 3 heterocycles.